The summed E-state index contributed by atoms with van der Waals surface area (Å²) >= 11 is 3.36. The van der Waals surface area contributed by atoms with Crippen molar-refractivity contribution >= 4 is 54.6 Å². The molecule has 3 aliphatic rings. The Hall–Kier alpha value is -4.69. The number of piperidine rings is 1. The van der Waals surface area contributed by atoms with E-state index in [-0.39, 0.29) is 33.9 Å². The Morgan fingerprint density at radius 2 is 1.60 bits per heavy atom. The number of nitro benzene ring substituents is 1. The van der Waals surface area contributed by atoms with E-state index in [0.29, 0.717) is 62.8 Å². The maximum absolute atomic E-state index is 13.8. The first-order valence-electron chi connectivity index (χ1n) is 15.7. The van der Waals surface area contributed by atoms with Crippen molar-refractivity contribution in [1.29, 1.82) is 0 Å². The Morgan fingerprint density at radius 3 is 2.31 bits per heavy atom. The van der Waals surface area contributed by atoms with Gasteiger partial charge in [0.15, 0.2) is 0 Å². The van der Waals surface area contributed by atoms with Crippen molar-refractivity contribution in [3.63, 3.8) is 0 Å². The second-order valence-electron chi connectivity index (χ2n) is 12.4. The molecule has 12 nitrogen and oxygen atoms in total. The molecule has 2 bridgehead atoms. The molecule has 4 heterocycles. The van der Waals surface area contributed by atoms with E-state index < -0.39 is 14.9 Å². The topological polar surface area (TPSA) is 138 Å². The van der Waals surface area contributed by atoms with E-state index in [4.69, 9.17) is 0 Å². The second kappa shape index (κ2) is 12.7. The lowest BCUT2D eigenvalue weighted by atomic mass is 9.83. The van der Waals surface area contributed by atoms with E-state index in [1.54, 1.807) is 53.4 Å². The SMILES string of the molecule is O=C(c1ccc(N2CC3CC(C2)c2cccc(=O)n2C3)c(NS(=O)(=O)c2ccc(Br)cc2)c1)N1CCN(c2ccc([N+](=O)[O-])cc2)CC1. The summed E-state index contributed by atoms with van der Waals surface area (Å²) < 4.78 is 32.7. The minimum atomic E-state index is -3.99. The maximum Gasteiger partial charge on any atom is 0.269 e. The number of hydrogen-bond donors (Lipinski definition) is 1. The van der Waals surface area contributed by atoms with Crippen LogP contribution in [0.5, 0.6) is 0 Å². The van der Waals surface area contributed by atoms with Gasteiger partial charge in [-0.3, -0.25) is 24.4 Å². The van der Waals surface area contributed by atoms with Crippen LogP contribution in [0.3, 0.4) is 0 Å². The fraction of sp³-hybridized carbons (Fsp3) is 0.294. The van der Waals surface area contributed by atoms with E-state index in [0.717, 1.165) is 22.3 Å². The molecule has 14 heteroatoms. The van der Waals surface area contributed by atoms with Crippen LogP contribution < -0.4 is 20.1 Å². The molecule has 2 unspecified atom stereocenters. The number of nitro groups is 1. The third kappa shape index (κ3) is 6.29. The highest BCUT2D eigenvalue weighted by molar-refractivity contribution is 9.10. The standard InChI is InChI=1S/C34H33BrN6O6S/c35-26-5-11-29(12-6-26)48(46,47)36-30-19-24(34(43)38-16-14-37(15-17-38)27-7-9-28(10-8-27)41(44)45)4-13-32(30)39-20-23-18-25(22-39)31-2-1-3-33(42)40(31)21-23/h1-13,19,23,25,36H,14-18,20-22H2. The van der Waals surface area contributed by atoms with Crippen molar-refractivity contribution < 1.29 is 18.1 Å². The molecule has 2 saturated heterocycles. The number of aromatic nitrogens is 1. The van der Waals surface area contributed by atoms with Crippen LogP contribution in [-0.2, 0) is 16.6 Å². The number of hydrogen-bond acceptors (Lipinski definition) is 8. The summed E-state index contributed by atoms with van der Waals surface area (Å²) in [5.74, 6) is 0.106. The number of benzene rings is 3. The van der Waals surface area contributed by atoms with E-state index in [9.17, 15) is 28.1 Å². The number of nitrogens with zero attached hydrogens (tertiary/aromatic N) is 5. The molecule has 3 aromatic carbocycles. The summed E-state index contributed by atoms with van der Waals surface area (Å²) in [6.45, 7) is 3.81. The van der Waals surface area contributed by atoms with Gasteiger partial charge in [-0.25, -0.2) is 8.42 Å². The zero-order chi connectivity index (χ0) is 33.6. The minimum Gasteiger partial charge on any atom is -0.369 e. The number of sulfonamides is 1. The zero-order valence-electron chi connectivity index (χ0n) is 25.9. The highest BCUT2D eigenvalue weighted by Gasteiger charge is 2.36. The molecule has 1 N–H and O–H groups in total. The number of piperazine rings is 1. The molecule has 7 rings (SSSR count). The summed E-state index contributed by atoms with van der Waals surface area (Å²) in [7, 11) is -3.99. The van der Waals surface area contributed by atoms with Gasteiger partial charge in [-0.2, -0.15) is 0 Å². The van der Waals surface area contributed by atoms with Gasteiger partial charge in [0.1, 0.15) is 0 Å². The van der Waals surface area contributed by atoms with Gasteiger partial charge < -0.3 is 19.3 Å². The molecule has 4 aromatic rings. The van der Waals surface area contributed by atoms with Crippen molar-refractivity contribution in [1.82, 2.24) is 9.47 Å². The number of carbonyl (C=O) groups is 1. The lowest BCUT2D eigenvalue weighted by molar-refractivity contribution is -0.384. The number of rotatable bonds is 7. The van der Waals surface area contributed by atoms with Crippen molar-refractivity contribution in [3.8, 4) is 0 Å². The predicted octanol–water partition coefficient (Wildman–Crippen LogP) is 4.91. The molecule has 0 saturated carbocycles. The molecule has 248 valence electrons. The molecule has 3 aliphatic heterocycles. The van der Waals surface area contributed by atoms with E-state index in [1.165, 1.54) is 24.3 Å². The monoisotopic (exact) mass is 732 g/mol. The van der Waals surface area contributed by atoms with Crippen LogP contribution in [0.1, 0.15) is 28.4 Å². The Morgan fingerprint density at radius 1 is 0.875 bits per heavy atom. The Bertz CT molecular complexity index is 2050. The second-order valence-corrected chi connectivity index (χ2v) is 15.0. The molecule has 2 atom stereocenters. The van der Waals surface area contributed by atoms with Gasteiger partial charge in [0.25, 0.3) is 27.2 Å². The Labute approximate surface area is 285 Å². The number of non-ortho nitro benzene ring substituents is 1. The summed E-state index contributed by atoms with van der Waals surface area (Å²) in [5.41, 5.74) is 3.21. The van der Waals surface area contributed by atoms with Gasteiger partial charge in [-0.05, 0) is 73.0 Å². The molecule has 48 heavy (non-hydrogen) atoms. The third-order valence-corrected chi connectivity index (χ3v) is 11.3. The van der Waals surface area contributed by atoms with Gasteiger partial charge in [-0.15, -0.1) is 0 Å². The molecule has 1 amide bonds. The zero-order valence-corrected chi connectivity index (χ0v) is 28.3. The van der Waals surface area contributed by atoms with Crippen LogP contribution in [0.25, 0.3) is 0 Å². The lowest BCUT2D eigenvalue weighted by Crippen LogP contribution is -2.49. The van der Waals surface area contributed by atoms with Crippen LogP contribution in [0.4, 0.5) is 22.7 Å². The van der Waals surface area contributed by atoms with Crippen LogP contribution in [0.2, 0.25) is 0 Å². The van der Waals surface area contributed by atoms with Gasteiger partial charge in [0.2, 0.25) is 0 Å². The predicted molar refractivity (Wildman–Crippen MR) is 186 cm³/mol. The lowest BCUT2D eigenvalue weighted by Gasteiger charge is -2.44. The maximum atomic E-state index is 13.8. The Balaban J connectivity index is 1.15. The van der Waals surface area contributed by atoms with Crippen LogP contribution >= 0.6 is 15.9 Å². The summed E-state index contributed by atoms with van der Waals surface area (Å²) in [6.07, 6.45) is 0.947. The number of amides is 1. The van der Waals surface area contributed by atoms with E-state index in [2.05, 4.69) is 30.5 Å². The average Bonchev–Trinajstić information content (AvgIpc) is 3.08. The van der Waals surface area contributed by atoms with Crippen LogP contribution in [-0.4, -0.2) is 68.0 Å². The van der Waals surface area contributed by atoms with Gasteiger partial charge in [-0.1, -0.05) is 22.0 Å². The number of nitrogens with one attached hydrogen (secondary N) is 1. The van der Waals surface area contributed by atoms with Crippen molar-refractivity contribution in [2.24, 2.45) is 5.92 Å². The first kappa shape index (κ1) is 31.9. The number of pyridine rings is 1. The first-order valence-corrected chi connectivity index (χ1v) is 18.0. The van der Waals surface area contributed by atoms with Crippen LogP contribution in [0, 0.1) is 16.0 Å². The third-order valence-electron chi connectivity index (χ3n) is 9.42. The van der Waals surface area contributed by atoms with Crippen LogP contribution in [0.15, 0.2) is 99.1 Å². The molecule has 0 aliphatic carbocycles. The van der Waals surface area contributed by atoms with E-state index in [1.807, 2.05) is 16.7 Å². The highest BCUT2D eigenvalue weighted by atomic mass is 79.9. The highest BCUT2D eigenvalue weighted by Crippen LogP contribution is 2.40. The fourth-order valence-corrected chi connectivity index (χ4v) is 8.40. The Kier molecular flexibility index (Phi) is 8.46. The van der Waals surface area contributed by atoms with Crippen molar-refractivity contribution in [2.45, 2.75) is 23.8 Å². The quantitative estimate of drug-likeness (QED) is 0.209. The number of halogens is 1. The summed E-state index contributed by atoms with van der Waals surface area (Å²) in [4.78, 5) is 43.1. The van der Waals surface area contributed by atoms with Crippen molar-refractivity contribution in [2.75, 3.05) is 53.8 Å². The van der Waals surface area contributed by atoms with Crippen molar-refractivity contribution in [3.05, 3.63) is 121 Å². The van der Waals surface area contributed by atoms with Gasteiger partial charge in [0, 0.05) is 91.3 Å². The average molecular weight is 734 g/mol. The summed E-state index contributed by atoms with van der Waals surface area (Å²) in [6, 6.07) is 23.3. The first-order chi connectivity index (χ1) is 23.1. The largest absolute Gasteiger partial charge is 0.369 e. The molecular weight excluding hydrogens is 700 g/mol. The molecular formula is C34H33BrN6O6S. The molecule has 2 fully saturated rings. The smallest absolute Gasteiger partial charge is 0.269 e. The number of fused-ring (bicyclic) bond motifs is 4. The summed E-state index contributed by atoms with van der Waals surface area (Å²) in [5, 5.41) is 11.0. The van der Waals surface area contributed by atoms with Gasteiger partial charge >= 0.3 is 0 Å². The van der Waals surface area contributed by atoms with Gasteiger partial charge in [0.05, 0.1) is 21.2 Å². The fourth-order valence-electron chi connectivity index (χ4n) is 7.07. The number of anilines is 3. The minimum absolute atomic E-state index is 0.00459. The molecule has 0 radical (unpaired) electrons. The van der Waals surface area contributed by atoms with E-state index >= 15 is 0 Å². The number of carbonyl (C=O) groups excluding carboxylic acids is 1. The molecule has 0 spiro atoms. The normalized spacial score (nSPS) is 19.1. The molecule has 1 aromatic heterocycles.